The maximum absolute atomic E-state index is 4.38. The predicted molar refractivity (Wildman–Crippen MR) is 64.2 cm³/mol. The molecule has 2 heterocycles. The minimum absolute atomic E-state index is 0.752. The van der Waals surface area contributed by atoms with Crippen molar-refractivity contribution >= 4 is 11.3 Å². The fourth-order valence-corrected chi connectivity index (χ4v) is 2.13. The van der Waals surface area contributed by atoms with Crippen LogP contribution in [0.3, 0.4) is 0 Å². The summed E-state index contributed by atoms with van der Waals surface area (Å²) >= 11 is 1.68. The Morgan fingerprint density at radius 1 is 1.25 bits per heavy atom. The van der Waals surface area contributed by atoms with Crippen LogP contribution >= 0.6 is 11.3 Å². The number of hydrogen-bond donors (Lipinski definition) is 1. The lowest BCUT2D eigenvalue weighted by Gasteiger charge is -2.02. The van der Waals surface area contributed by atoms with Gasteiger partial charge in [-0.15, -0.1) is 11.3 Å². The molecule has 16 heavy (non-hydrogen) atoms. The first-order valence-electron chi connectivity index (χ1n) is 5.14. The van der Waals surface area contributed by atoms with Crippen LogP contribution < -0.4 is 5.32 Å². The molecule has 0 spiro atoms. The summed E-state index contributed by atoms with van der Waals surface area (Å²) in [6.45, 7) is 5.45. The van der Waals surface area contributed by atoms with E-state index in [1.807, 2.05) is 19.9 Å². The van der Waals surface area contributed by atoms with Gasteiger partial charge in [0.05, 0.1) is 5.69 Å². The fourth-order valence-electron chi connectivity index (χ4n) is 1.38. The molecule has 0 aliphatic rings. The van der Waals surface area contributed by atoms with Gasteiger partial charge in [0.1, 0.15) is 10.8 Å². The Morgan fingerprint density at radius 3 is 2.81 bits per heavy atom. The number of nitrogens with zero attached hydrogens (tertiary/aromatic N) is 3. The predicted octanol–water partition coefficient (Wildman–Crippen LogP) is 1.84. The van der Waals surface area contributed by atoms with Crippen LogP contribution in [-0.4, -0.2) is 15.0 Å². The molecule has 2 rings (SSSR count). The molecule has 0 saturated heterocycles. The van der Waals surface area contributed by atoms with Crippen molar-refractivity contribution in [3.05, 3.63) is 39.9 Å². The lowest BCUT2D eigenvalue weighted by molar-refractivity contribution is 0.671. The summed E-state index contributed by atoms with van der Waals surface area (Å²) < 4.78 is 0. The summed E-state index contributed by atoms with van der Waals surface area (Å²) in [7, 11) is 0. The normalized spacial score (nSPS) is 10.6. The van der Waals surface area contributed by atoms with E-state index in [2.05, 4.69) is 25.6 Å². The second kappa shape index (κ2) is 5.14. The fraction of sp³-hybridized carbons (Fsp3) is 0.364. The molecule has 0 atom stereocenters. The summed E-state index contributed by atoms with van der Waals surface area (Å²) in [5, 5.41) is 6.49. The highest BCUT2D eigenvalue weighted by Crippen LogP contribution is 2.08. The Balaban J connectivity index is 1.84. The van der Waals surface area contributed by atoms with Crippen molar-refractivity contribution in [2.24, 2.45) is 0 Å². The topological polar surface area (TPSA) is 50.7 Å². The van der Waals surface area contributed by atoms with Crippen LogP contribution in [0.1, 0.15) is 22.2 Å². The van der Waals surface area contributed by atoms with E-state index in [-0.39, 0.29) is 0 Å². The SMILES string of the molecule is Cc1csc(CNCc2ccnc(C)n2)n1. The number of nitrogens with one attached hydrogen (secondary N) is 1. The molecule has 0 aliphatic carbocycles. The molecule has 84 valence electrons. The van der Waals surface area contributed by atoms with Crippen molar-refractivity contribution in [3.8, 4) is 0 Å². The summed E-state index contributed by atoms with van der Waals surface area (Å²) in [4.78, 5) is 12.8. The van der Waals surface area contributed by atoms with Gasteiger partial charge < -0.3 is 5.32 Å². The molecular formula is C11H14N4S. The average Bonchev–Trinajstić information content (AvgIpc) is 2.64. The molecule has 0 aromatic carbocycles. The Morgan fingerprint density at radius 2 is 2.12 bits per heavy atom. The molecule has 0 unspecified atom stereocenters. The molecule has 0 radical (unpaired) electrons. The van der Waals surface area contributed by atoms with Crippen molar-refractivity contribution in [1.82, 2.24) is 20.3 Å². The molecular weight excluding hydrogens is 220 g/mol. The number of thiazole rings is 1. The van der Waals surface area contributed by atoms with Crippen LogP contribution in [-0.2, 0) is 13.1 Å². The summed E-state index contributed by atoms with van der Waals surface area (Å²) in [6, 6.07) is 1.92. The molecule has 0 saturated carbocycles. The standard InChI is InChI=1S/C11H14N4S/c1-8-7-16-11(14-8)6-12-5-10-3-4-13-9(2)15-10/h3-4,7,12H,5-6H2,1-2H3. The number of hydrogen-bond acceptors (Lipinski definition) is 5. The second-order valence-electron chi connectivity index (χ2n) is 3.58. The molecule has 4 nitrogen and oxygen atoms in total. The zero-order valence-corrected chi connectivity index (χ0v) is 10.2. The van der Waals surface area contributed by atoms with Gasteiger partial charge in [-0.25, -0.2) is 15.0 Å². The average molecular weight is 234 g/mol. The number of rotatable bonds is 4. The van der Waals surface area contributed by atoms with Crippen molar-refractivity contribution < 1.29 is 0 Å². The number of aryl methyl sites for hydroxylation is 2. The van der Waals surface area contributed by atoms with E-state index in [1.165, 1.54) is 0 Å². The lowest BCUT2D eigenvalue weighted by Crippen LogP contribution is -2.14. The van der Waals surface area contributed by atoms with E-state index in [9.17, 15) is 0 Å². The van der Waals surface area contributed by atoms with Crippen molar-refractivity contribution in [3.63, 3.8) is 0 Å². The molecule has 0 amide bonds. The highest BCUT2D eigenvalue weighted by molar-refractivity contribution is 7.09. The van der Waals surface area contributed by atoms with Crippen LogP contribution in [0.5, 0.6) is 0 Å². The third kappa shape index (κ3) is 3.08. The smallest absolute Gasteiger partial charge is 0.125 e. The molecule has 5 heteroatoms. The van der Waals surface area contributed by atoms with Gasteiger partial charge in [0.15, 0.2) is 0 Å². The second-order valence-corrected chi connectivity index (χ2v) is 4.52. The quantitative estimate of drug-likeness (QED) is 0.877. The molecule has 0 aliphatic heterocycles. The van der Waals surface area contributed by atoms with Gasteiger partial charge in [-0.2, -0.15) is 0 Å². The first kappa shape index (κ1) is 11.2. The minimum Gasteiger partial charge on any atom is -0.305 e. The molecule has 1 N–H and O–H groups in total. The van der Waals surface area contributed by atoms with Gasteiger partial charge in [0, 0.05) is 30.4 Å². The van der Waals surface area contributed by atoms with Crippen LogP contribution in [0, 0.1) is 13.8 Å². The summed E-state index contributed by atoms with van der Waals surface area (Å²) in [6.07, 6.45) is 1.78. The Hall–Kier alpha value is -1.33. The van der Waals surface area contributed by atoms with E-state index in [1.54, 1.807) is 17.5 Å². The van der Waals surface area contributed by atoms with Crippen molar-refractivity contribution in [2.75, 3.05) is 0 Å². The zero-order chi connectivity index (χ0) is 11.4. The van der Waals surface area contributed by atoms with Crippen LogP contribution in [0.25, 0.3) is 0 Å². The maximum Gasteiger partial charge on any atom is 0.125 e. The molecule has 0 bridgehead atoms. The minimum atomic E-state index is 0.752. The number of aromatic nitrogens is 3. The Bertz CT molecular complexity index is 467. The van der Waals surface area contributed by atoms with Gasteiger partial charge in [-0.05, 0) is 19.9 Å². The third-order valence-electron chi connectivity index (χ3n) is 2.08. The van der Waals surface area contributed by atoms with Crippen LogP contribution in [0.4, 0.5) is 0 Å². The Labute approximate surface area is 98.8 Å². The largest absolute Gasteiger partial charge is 0.305 e. The van der Waals surface area contributed by atoms with Gasteiger partial charge in [0.2, 0.25) is 0 Å². The van der Waals surface area contributed by atoms with Gasteiger partial charge in [-0.3, -0.25) is 0 Å². The molecule has 0 fully saturated rings. The third-order valence-corrected chi connectivity index (χ3v) is 3.05. The van der Waals surface area contributed by atoms with Gasteiger partial charge in [0.25, 0.3) is 0 Å². The van der Waals surface area contributed by atoms with Crippen molar-refractivity contribution in [1.29, 1.82) is 0 Å². The first-order valence-corrected chi connectivity index (χ1v) is 6.02. The first-order chi connectivity index (χ1) is 7.74. The monoisotopic (exact) mass is 234 g/mol. The summed E-state index contributed by atoms with van der Waals surface area (Å²) in [5.74, 6) is 0.810. The van der Waals surface area contributed by atoms with E-state index < -0.39 is 0 Å². The van der Waals surface area contributed by atoms with Crippen LogP contribution in [0.15, 0.2) is 17.6 Å². The zero-order valence-electron chi connectivity index (χ0n) is 9.40. The van der Waals surface area contributed by atoms with Gasteiger partial charge >= 0.3 is 0 Å². The van der Waals surface area contributed by atoms with Gasteiger partial charge in [-0.1, -0.05) is 0 Å². The highest BCUT2D eigenvalue weighted by atomic mass is 32.1. The lowest BCUT2D eigenvalue weighted by atomic mass is 10.4. The van der Waals surface area contributed by atoms with Crippen LogP contribution in [0.2, 0.25) is 0 Å². The van der Waals surface area contributed by atoms with Crippen molar-refractivity contribution in [2.45, 2.75) is 26.9 Å². The van der Waals surface area contributed by atoms with E-state index in [0.717, 1.165) is 35.3 Å². The molecule has 2 aromatic heterocycles. The maximum atomic E-state index is 4.38. The van der Waals surface area contributed by atoms with E-state index in [0.29, 0.717) is 0 Å². The summed E-state index contributed by atoms with van der Waals surface area (Å²) in [5.41, 5.74) is 2.10. The van der Waals surface area contributed by atoms with E-state index >= 15 is 0 Å². The Kier molecular flexibility index (Phi) is 3.58. The van der Waals surface area contributed by atoms with E-state index in [4.69, 9.17) is 0 Å². The molecule has 2 aromatic rings. The highest BCUT2D eigenvalue weighted by Gasteiger charge is 1.99.